The molecular weight excluding hydrogens is 340 g/mol. The molecule has 1 aromatic carbocycles. The van der Waals surface area contributed by atoms with Crippen LogP contribution in [0.4, 0.5) is 0 Å². The zero-order valence-corrected chi connectivity index (χ0v) is 16.8. The molecule has 0 radical (unpaired) electrons. The Balaban J connectivity index is 1.72. The summed E-state index contributed by atoms with van der Waals surface area (Å²) in [6.45, 7) is 5.76. The first-order chi connectivity index (χ1) is 12.9. The van der Waals surface area contributed by atoms with Gasteiger partial charge in [0, 0.05) is 6.08 Å². The average Bonchev–Trinajstić information content (AvgIpc) is 2.70. The van der Waals surface area contributed by atoms with E-state index in [2.05, 4.69) is 12.1 Å². The normalized spacial score (nSPS) is 15.7. The molecule has 1 aliphatic carbocycles. The number of benzene rings is 1. The van der Waals surface area contributed by atoms with Gasteiger partial charge in [0.1, 0.15) is 13.2 Å². The first kappa shape index (κ1) is 21.2. The SMILES string of the molecule is CCC(C)(C)C(=O)OCCOC(=O)/C=C/c1ccc(C2CCCCC2)cc1. The Morgan fingerprint density at radius 3 is 2.30 bits per heavy atom. The molecule has 1 aromatic rings. The first-order valence-corrected chi connectivity index (χ1v) is 10.0. The fraction of sp³-hybridized carbons (Fsp3) is 0.565. The van der Waals surface area contributed by atoms with Crippen LogP contribution in [0.25, 0.3) is 6.08 Å². The molecule has 4 nitrogen and oxygen atoms in total. The third-order valence-electron chi connectivity index (χ3n) is 5.42. The Kier molecular flexibility index (Phi) is 8.08. The van der Waals surface area contributed by atoms with Crippen LogP contribution in [-0.4, -0.2) is 25.2 Å². The van der Waals surface area contributed by atoms with E-state index in [1.165, 1.54) is 43.7 Å². The summed E-state index contributed by atoms with van der Waals surface area (Å²) in [5, 5.41) is 0. The van der Waals surface area contributed by atoms with Gasteiger partial charge in [0.15, 0.2) is 0 Å². The van der Waals surface area contributed by atoms with Crippen molar-refractivity contribution < 1.29 is 19.1 Å². The standard InChI is InChI=1S/C23H32O4/c1-4-23(2,3)22(25)27-17-16-26-21(24)15-12-18-10-13-20(14-11-18)19-8-6-5-7-9-19/h10-15,19H,4-9,16-17H2,1-3H3/b15-12+. The third kappa shape index (κ3) is 6.85. The Bertz CT molecular complexity index is 637. The zero-order valence-electron chi connectivity index (χ0n) is 16.8. The second kappa shape index (κ2) is 10.3. The molecule has 1 fully saturated rings. The van der Waals surface area contributed by atoms with Crippen molar-refractivity contribution in [1.29, 1.82) is 0 Å². The number of esters is 2. The maximum Gasteiger partial charge on any atom is 0.330 e. The van der Waals surface area contributed by atoms with Gasteiger partial charge in [-0.3, -0.25) is 4.79 Å². The number of hydrogen-bond donors (Lipinski definition) is 0. The minimum absolute atomic E-state index is 0.0648. The maximum atomic E-state index is 11.8. The van der Waals surface area contributed by atoms with E-state index in [4.69, 9.17) is 9.47 Å². The lowest BCUT2D eigenvalue weighted by atomic mass is 9.84. The van der Waals surface area contributed by atoms with Gasteiger partial charge in [-0.25, -0.2) is 4.79 Å². The smallest absolute Gasteiger partial charge is 0.330 e. The highest BCUT2D eigenvalue weighted by Gasteiger charge is 2.26. The molecule has 4 heteroatoms. The molecule has 0 amide bonds. The molecule has 0 unspecified atom stereocenters. The highest BCUT2D eigenvalue weighted by Crippen LogP contribution is 2.32. The van der Waals surface area contributed by atoms with Gasteiger partial charge in [-0.2, -0.15) is 0 Å². The van der Waals surface area contributed by atoms with Crippen molar-refractivity contribution >= 4 is 18.0 Å². The molecule has 148 valence electrons. The van der Waals surface area contributed by atoms with Gasteiger partial charge < -0.3 is 9.47 Å². The number of rotatable bonds is 8. The van der Waals surface area contributed by atoms with E-state index in [1.807, 2.05) is 32.9 Å². The Morgan fingerprint density at radius 2 is 1.67 bits per heavy atom. The van der Waals surface area contributed by atoms with Crippen molar-refractivity contribution in [3.63, 3.8) is 0 Å². The molecule has 2 rings (SSSR count). The molecule has 0 N–H and O–H groups in total. The highest BCUT2D eigenvalue weighted by molar-refractivity contribution is 5.87. The van der Waals surface area contributed by atoms with Crippen LogP contribution in [0.1, 0.15) is 76.3 Å². The molecule has 0 bridgehead atoms. The minimum Gasteiger partial charge on any atom is -0.462 e. The van der Waals surface area contributed by atoms with Gasteiger partial charge in [0.25, 0.3) is 0 Å². The van der Waals surface area contributed by atoms with Crippen LogP contribution < -0.4 is 0 Å². The summed E-state index contributed by atoms with van der Waals surface area (Å²) in [4.78, 5) is 23.6. The lowest BCUT2D eigenvalue weighted by Crippen LogP contribution is -2.27. The van der Waals surface area contributed by atoms with Crippen molar-refractivity contribution in [2.75, 3.05) is 13.2 Å². The summed E-state index contributed by atoms with van der Waals surface area (Å²) in [6.07, 6.45) is 10.4. The van der Waals surface area contributed by atoms with E-state index in [0.717, 1.165) is 5.56 Å². The quantitative estimate of drug-likeness (QED) is 0.354. The van der Waals surface area contributed by atoms with E-state index >= 15 is 0 Å². The monoisotopic (exact) mass is 372 g/mol. The van der Waals surface area contributed by atoms with Crippen molar-refractivity contribution in [1.82, 2.24) is 0 Å². The molecular formula is C23H32O4. The van der Waals surface area contributed by atoms with Crippen LogP contribution in [0.3, 0.4) is 0 Å². The van der Waals surface area contributed by atoms with E-state index in [9.17, 15) is 9.59 Å². The number of hydrogen-bond acceptors (Lipinski definition) is 4. The van der Waals surface area contributed by atoms with Crippen molar-refractivity contribution in [3.8, 4) is 0 Å². The molecule has 0 heterocycles. The van der Waals surface area contributed by atoms with Gasteiger partial charge in [-0.05, 0) is 56.2 Å². The Hall–Kier alpha value is -2.10. The maximum absolute atomic E-state index is 11.8. The minimum atomic E-state index is -0.506. The van der Waals surface area contributed by atoms with Crippen LogP contribution in [0, 0.1) is 5.41 Å². The molecule has 0 saturated heterocycles. The van der Waals surface area contributed by atoms with Crippen LogP contribution in [0.2, 0.25) is 0 Å². The summed E-state index contributed by atoms with van der Waals surface area (Å²) in [5.41, 5.74) is 1.86. The van der Waals surface area contributed by atoms with Crippen molar-refractivity contribution in [3.05, 3.63) is 41.5 Å². The first-order valence-electron chi connectivity index (χ1n) is 10.0. The van der Waals surface area contributed by atoms with E-state index in [1.54, 1.807) is 6.08 Å². The van der Waals surface area contributed by atoms with E-state index < -0.39 is 11.4 Å². The van der Waals surface area contributed by atoms with Crippen molar-refractivity contribution in [2.45, 2.75) is 65.2 Å². The molecule has 0 spiro atoms. The summed E-state index contributed by atoms with van der Waals surface area (Å²) in [7, 11) is 0. The van der Waals surface area contributed by atoms with Crippen LogP contribution in [0.15, 0.2) is 30.3 Å². The van der Waals surface area contributed by atoms with E-state index in [-0.39, 0.29) is 19.2 Å². The van der Waals surface area contributed by atoms with Crippen molar-refractivity contribution in [2.24, 2.45) is 5.41 Å². The molecule has 27 heavy (non-hydrogen) atoms. The zero-order chi connectivity index (χ0) is 19.7. The number of ether oxygens (including phenoxy) is 2. The van der Waals surface area contributed by atoms with Gasteiger partial charge in [0.05, 0.1) is 5.41 Å². The summed E-state index contributed by atoms with van der Waals surface area (Å²) in [6, 6.07) is 8.41. The van der Waals surface area contributed by atoms with Crippen LogP contribution in [-0.2, 0) is 19.1 Å². The molecule has 0 aliphatic heterocycles. The predicted octanol–water partition coefficient (Wildman–Crippen LogP) is 5.27. The van der Waals surface area contributed by atoms with Gasteiger partial charge in [0.2, 0.25) is 0 Å². The number of carbonyl (C=O) groups excluding carboxylic acids is 2. The number of carbonyl (C=O) groups is 2. The lowest BCUT2D eigenvalue weighted by molar-refractivity contribution is -0.157. The molecule has 0 aromatic heterocycles. The second-order valence-corrected chi connectivity index (χ2v) is 7.88. The molecule has 1 saturated carbocycles. The largest absolute Gasteiger partial charge is 0.462 e. The third-order valence-corrected chi connectivity index (χ3v) is 5.42. The average molecular weight is 373 g/mol. The fourth-order valence-electron chi connectivity index (χ4n) is 3.14. The summed E-state index contributed by atoms with van der Waals surface area (Å²) in [5.74, 6) is -0.0195. The highest BCUT2D eigenvalue weighted by atomic mass is 16.6. The summed E-state index contributed by atoms with van der Waals surface area (Å²) < 4.78 is 10.2. The predicted molar refractivity (Wildman–Crippen MR) is 107 cm³/mol. The van der Waals surface area contributed by atoms with Gasteiger partial charge in [-0.1, -0.05) is 50.5 Å². The van der Waals surface area contributed by atoms with Gasteiger partial charge >= 0.3 is 11.9 Å². The van der Waals surface area contributed by atoms with Crippen LogP contribution >= 0.6 is 0 Å². The Labute approximate surface area is 162 Å². The Morgan fingerprint density at radius 1 is 1.04 bits per heavy atom. The fourth-order valence-corrected chi connectivity index (χ4v) is 3.14. The summed E-state index contributed by atoms with van der Waals surface area (Å²) >= 11 is 0. The molecule has 1 aliphatic rings. The van der Waals surface area contributed by atoms with Crippen LogP contribution in [0.5, 0.6) is 0 Å². The van der Waals surface area contributed by atoms with E-state index in [0.29, 0.717) is 12.3 Å². The second-order valence-electron chi connectivity index (χ2n) is 7.88. The molecule has 0 atom stereocenters. The topological polar surface area (TPSA) is 52.6 Å². The lowest BCUT2D eigenvalue weighted by Gasteiger charge is -2.21. The van der Waals surface area contributed by atoms with Gasteiger partial charge in [-0.15, -0.1) is 0 Å².